The second kappa shape index (κ2) is 12.4. The van der Waals surface area contributed by atoms with Crippen LogP contribution < -0.4 is 16.0 Å². The van der Waals surface area contributed by atoms with Gasteiger partial charge >= 0.3 is 0 Å². The lowest BCUT2D eigenvalue weighted by Crippen LogP contribution is -2.40. The van der Waals surface area contributed by atoms with Crippen molar-refractivity contribution in [2.24, 2.45) is 5.92 Å². The van der Waals surface area contributed by atoms with Crippen LogP contribution in [0.2, 0.25) is 0 Å². The molecule has 2 fully saturated rings. The van der Waals surface area contributed by atoms with Gasteiger partial charge in [-0.1, -0.05) is 6.08 Å². The molecular weight excluding hydrogens is 498 g/mol. The number of nitrogens with one attached hydrogen (secondary N) is 3. The zero-order chi connectivity index (χ0) is 27.4. The smallest absolute Gasteiger partial charge is 0.225 e. The maximum absolute atomic E-state index is 13.2. The van der Waals surface area contributed by atoms with Crippen molar-refractivity contribution in [3.05, 3.63) is 47.7 Å². The first-order chi connectivity index (χ1) is 18.8. The molecule has 1 aromatic carbocycles. The van der Waals surface area contributed by atoms with E-state index in [-0.39, 0.29) is 41.8 Å². The molecule has 5 N–H and O–H groups in total. The number of piperidine rings is 2. The van der Waals surface area contributed by atoms with E-state index < -0.39 is 0 Å². The van der Waals surface area contributed by atoms with Gasteiger partial charge in [0.25, 0.3) is 0 Å². The SMILES string of the molecule is O=C(CCN1CCC(O)CC1)NC1=CC2Nc3cc(NC(=O)CCN4CCC(O)CC4)ccc3C(=O)C2C=C1. The number of allylic oxidation sites excluding steroid dienone is 1. The molecule has 0 spiro atoms. The Bertz CT molecular complexity index is 1130. The Morgan fingerprint density at radius 2 is 1.49 bits per heavy atom. The number of aliphatic hydroxyl groups excluding tert-OH is 2. The van der Waals surface area contributed by atoms with Crippen molar-refractivity contribution < 1.29 is 24.6 Å². The minimum absolute atomic E-state index is 0.00377. The van der Waals surface area contributed by atoms with Crippen LogP contribution in [0.1, 0.15) is 48.9 Å². The van der Waals surface area contributed by atoms with Gasteiger partial charge in [0.05, 0.1) is 24.2 Å². The average Bonchev–Trinajstić information content (AvgIpc) is 2.92. The third-order valence-electron chi connectivity index (χ3n) is 8.13. The molecule has 2 saturated heterocycles. The maximum atomic E-state index is 13.2. The Hall–Kier alpha value is -3.05. The summed E-state index contributed by atoms with van der Waals surface area (Å²) in [6.45, 7) is 4.51. The Morgan fingerprint density at radius 1 is 0.897 bits per heavy atom. The number of benzene rings is 1. The van der Waals surface area contributed by atoms with E-state index in [1.165, 1.54) is 0 Å². The summed E-state index contributed by atoms with van der Waals surface area (Å²) in [5, 5.41) is 28.6. The van der Waals surface area contributed by atoms with Crippen LogP contribution in [0.25, 0.3) is 0 Å². The fraction of sp³-hybridized carbons (Fsp3) is 0.552. The molecule has 4 aliphatic rings. The molecule has 1 aliphatic carbocycles. The highest BCUT2D eigenvalue weighted by molar-refractivity contribution is 6.07. The number of likely N-dealkylation sites (tertiary alicyclic amines) is 2. The average molecular weight is 538 g/mol. The van der Waals surface area contributed by atoms with Crippen LogP contribution in [0.4, 0.5) is 11.4 Å². The van der Waals surface area contributed by atoms with Crippen molar-refractivity contribution >= 4 is 29.0 Å². The molecule has 210 valence electrons. The highest BCUT2D eigenvalue weighted by Gasteiger charge is 2.34. The van der Waals surface area contributed by atoms with Gasteiger partial charge in [-0.2, -0.15) is 0 Å². The van der Waals surface area contributed by atoms with E-state index in [1.807, 2.05) is 12.2 Å². The molecule has 0 aromatic heterocycles. The quantitative estimate of drug-likeness (QED) is 0.337. The number of rotatable bonds is 8. The number of nitrogens with zero attached hydrogens (tertiary/aromatic N) is 2. The van der Waals surface area contributed by atoms with Gasteiger partial charge in [0, 0.05) is 74.7 Å². The lowest BCUT2D eigenvalue weighted by molar-refractivity contribution is -0.120. The van der Waals surface area contributed by atoms with Crippen LogP contribution in [0.3, 0.4) is 0 Å². The molecule has 2 atom stereocenters. The second-order valence-electron chi connectivity index (χ2n) is 11.0. The molecule has 3 aliphatic heterocycles. The number of aliphatic hydroxyl groups is 2. The lowest BCUT2D eigenvalue weighted by atomic mass is 9.83. The number of carbonyl (C=O) groups is 3. The topological polar surface area (TPSA) is 134 Å². The minimum Gasteiger partial charge on any atom is -0.393 e. The van der Waals surface area contributed by atoms with Crippen LogP contribution in [0.15, 0.2) is 42.1 Å². The normalized spacial score (nSPS) is 24.4. The van der Waals surface area contributed by atoms with Crippen molar-refractivity contribution in [1.29, 1.82) is 0 Å². The third kappa shape index (κ3) is 7.13. The van der Waals surface area contributed by atoms with Crippen LogP contribution in [0.5, 0.6) is 0 Å². The fourth-order valence-corrected chi connectivity index (χ4v) is 5.71. The standard InChI is InChI=1S/C29H39N5O5/c35-21-5-11-33(12-6-21)15-9-27(37)30-19-1-3-23-25(17-19)32-26-18-20(2-4-24(26)29(23)39)31-28(38)10-16-34-13-7-22(36)8-14-34/h1-4,17-18,21-23,25,32,35-36H,5-16H2,(H,30,37)(H,31,38). The number of amides is 2. The zero-order valence-electron chi connectivity index (χ0n) is 22.3. The van der Waals surface area contributed by atoms with E-state index in [9.17, 15) is 24.6 Å². The first-order valence-electron chi connectivity index (χ1n) is 14.1. The summed E-state index contributed by atoms with van der Waals surface area (Å²) in [5.41, 5.74) is 2.53. The largest absolute Gasteiger partial charge is 0.393 e. The van der Waals surface area contributed by atoms with Crippen molar-refractivity contribution in [2.45, 2.75) is 56.8 Å². The number of ketones is 1. The van der Waals surface area contributed by atoms with Crippen LogP contribution in [-0.2, 0) is 9.59 Å². The van der Waals surface area contributed by atoms with Crippen molar-refractivity contribution in [3.8, 4) is 0 Å². The van der Waals surface area contributed by atoms with E-state index in [1.54, 1.807) is 24.3 Å². The first-order valence-corrected chi connectivity index (χ1v) is 14.1. The number of hydrogen-bond donors (Lipinski definition) is 5. The summed E-state index contributed by atoms with van der Waals surface area (Å²) >= 11 is 0. The number of hydrogen-bond acceptors (Lipinski definition) is 8. The molecule has 0 bridgehead atoms. The van der Waals surface area contributed by atoms with Gasteiger partial charge in [0.1, 0.15) is 0 Å². The summed E-state index contributed by atoms with van der Waals surface area (Å²) in [6.07, 6.45) is 8.74. The van der Waals surface area contributed by atoms with Gasteiger partial charge in [-0.05, 0) is 56.0 Å². The van der Waals surface area contributed by atoms with Crippen LogP contribution >= 0.6 is 0 Å². The Labute approximate surface area is 229 Å². The summed E-state index contributed by atoms with van der Waals surface area (Å²) in [6, 6.07) is 5.00. The lowest BCUT2D eigenvalue weighted by Gasteiger charge is -2.33. The van der Waals surface area contributed by atoms with Crippen molar-refractivity contribution in [3.63, 3.8) is 0 Å². The highest BCUT2D eigenvalue weighted by Crippen LogP contribution is 2.34. The van der Waals surface area contributed by atoms with Gasteiger partial charge in [0.15, 0.2) is 5.78 Å². The Kier molecular flexibility index (Phi) is 8.76. The molecule has 3 heterocycles. The van der Waals surface area contributed by atoms with E-state index in [4.69, 9.17) is 0 Å². The molecule has 2 amide bonds. The van der Waals surface area contributed by atoms with E-state index in [0.29, 0.717) is 48.6 Å². The molecule has 0 radical (unpaired) electrons. The van der Waals surface area contributed by atoms with Gasteiger partial charge in [-0.25, -0.2) is 0 Å². The Morgan fingerprint density at radius 3 is 2.10 bits per heavy atom. The van der Waals surface area contributed by atoms with E-state index in [2.05, 4.69) is 25.8 Å². The fourth-order valence-electron chi connectivity index (χ4n) is 5.71. The molecule has 10 heteroatoms. The number of carbonyl (C=O) groups excluding carboxylic acids is 3. The van der Waals surface area contributed by atoms with E-state index in [0.717, 1.165) is 51.9 Å². The summed E-state index contributed by atoms with van der Waals surface area (Å²) < 4.78 is 0. The molecular formula is C29H39N5O5. The van der Waals surface area contributed by atoms with Gasteiger partial charge in [-0.3, -0.25) is 14.4 Å². The van der Waals surface area contributed by atoms with Crippen molar-refractivity contribution in [2.75, 3.05) is 49.9 Å². The zero-order valence-corrected chi connectivity index (χ0v) is 22.3. The molecule has 5 rings (SSSR count). The molecule has 1 aromatic rings. The highest BCUT2D eigenvalue weighted by atomic mass is 16.3. The number of anilines is 2. The minimum atomic E-state index is -0.360. The van der Waals surface area contributed by atoms with Gasteiger partial charge < -0.3 is 36.0 Å². The molecule has 10 nitrogen and oxygen atoms in total. The second-order valence-corrected chi connectivity index (χ2v) is 11.0. The number of Topliss-reactive ketones (excluding diaryl/α,β-unsaturated/α-hetero) is 1. The molecule has 0 saturated carbocycles. The first kappa shape index (κ1) is 27.5. The Balaban J connectivity index is 1.14. The molecule has 39 heavy (non-hydrogen) atoms. The summed E-state index contributed by atoms with van der Waals surface area (Å²) in [5.74, 6) is -0.526. The monoisotopic (exact) mass is 537 g/mol. The summed E-state index contributed by atoms with van der Waals surface area (Å²) in [4.78, 5) is 42.7. The van der Waals surface area contributed by atoms with E-state index >= 15 is 0 Å². The molecule has 2 unspecified atom stereocenters. The van der Waals surface area contributed by atoms with Crippen molar-refractivity contribution in [1.82, 2.24) is 15.1 Å². The van der Waals surface area contributed by atoms with Crippen LogP contribution in [0, 0.1) is 5.92 Å². The predicted molar refractivity (Wildman–Crippen MR) is 148 cm³/mol. The van der Waals surface area contributed by atoms with Gasteiger partial charge in [0.2, 0.25) is 11.8 Å². The third-order valence-corrected chi connectivity index (χ3v) is 8.13. The van der Waals surface area contributed by atoms with Gasteiger partial charge in [-0.15, -0.1) is 0 Å². The predicted octanol–water partition coefficient (Wildman–Crippen LogP) is 1.48. The summed E-state index contributed by atoms with van der Waals surface area (Å²) in [7, 11) is 0. The van der Waals surface area contributed by atoms with Crippen LogP contribution in [-0.4, -0.2) is 95.1 Å². The maximum Gasteiger partial charge on any atom is 0.225 e. The number of fused-ring (bicyclic) bond motifs is 2.